The van der Waals surface area contributed by atoms with Crippen molar-refractivity contribution in [1.82, 2.24) is 19.8 Å². The van der Waals surface area contributed by atoms with E-state index in [2.05, 4.69) is 15.2 Å². The second-order valence-corrected chi connectivity index (χ2v) is 7.32. The van der Waals surface area contributed by atoms with Gasteiger partial charge in [-0.2, -0.15) is 0 Å². The molecule has 0 saturated heterocycles. The fraction of sp³-hybridized carbons (Fsp3) is 0.176. The number of amides is 1. The average molecular weight is 374 g/mol. The molecule has 3 aromatic rings. The van der Waals surface area contributed by atoms with Crippen LogP contribution in [-0.4, -0.2) is 31.0 Å². The van der Waals surface area contributed by atoms with Gasteiger partial charge in [-0.3, -0.25) is 10.2 Å². The summed E-state index contributed by atoms with van der Waals surface area (Å²) in [4.78, 5) is 18.4. The third kappa shape index (κ3) is 3.68. The summed E-state index contributed by atoms with van der Waals surface area (Å²) in [6.45, 7) is 1.69. The van der Waals surface area contributed by atoms with Crippen molar-refractivity contribution in [3.8, 4) is 5.75 Å². The molecular weight excluding hydrogens is 356 g/mol. The van der Waals surface area contributed by atoms with E-state index in [1.165, 1.54) is 19.5 Å². The SMILES string of the molecule is COc1ccc(C)cc1S(=O)(=O)NNC(=O)Cn1cnc2ccccc21. The molecule has 2 N–H and O–H groups in total. The number of nitrogens with zero attached hydrogens (tertiary/aromatic N) is 2. The second-order valence-electron chi connectivity index (χ2n) is 5.67. The Kier molecular flexibility index (Phi) is 4.92. The first-order valence-electron chi connectivity index (χ1n) is 7.76. The van der Waals surface area contributed by atoms with E-state index < -0.39 is 15.9 Å². The van der Waals surface area contributed by atoms with Crippen molar-refractivity contribution in [3.05, 3.63) is 54.4 Å². The lowest BCUT2D eigenvalue weighted by Crippen LogP contribution is -2.43. The van der Waals surface area contributed by atoms with Crippen molar-refractivity contribution in [1.29, 1.82) is 0 Å². The number of aryl methyl sites for hydroxylation is 1. The molecule has 0 fully saturated rings. The first-order valence-corrected chi connectivity index (χ1v) is 9.24. The molecular formula is C17H18N4O4S. The van der Waals surface area contributed by atoms with E-state index in [9.17, 15) is 13.2 Å². The van der Waals surface area contributed by atoms with Crippen LogP contribution in [-0.2, 0) is 21.4 Å². The quantitative estimate of drug-likeness (QED) is 0.635. The van der Waals surface area contributed by atoms with Crippen LogP contribution < -0.4 is 15.0 Å². The lowest BCUT2D eigenvalue weighted by atomic mass is 10.2. The van der Waals surface area contributed by atoms with Crippen LogP contribution >= 0.6 is 0 Å². The van der Waals surface area contributed by atoms with Crippen LogP contribution in [0.2, 0.25) is 0 Å². The van der Waals surface area contributed by atoms with Crippen LogP contribution in [0.1, 0.15) is 5.56 Å². The summed E-state index contributed by atoms with van der Waals surface area (Å²) in [5.41, 5.74) is 4.50. The Morgan fingerprint density at radius 2 is 2.00 bits per heavy atom. The van der Waals surface area contributed by atoms with Gasteiger partial charge in [0.15, 0.2) is 0 Å². The Morgan fingerprint density at radius 3 is 2.77 bits per heavy atom. The summed E-state index contributed by atoms with van der Waals surface area (Å²) < 4.78 is 31.6. The van der Waals surface area contributed by atoms with Gasteiger partial charge in [-0.05, 0) is 36.8 Å². The van der Waals surface area contributed by atoms with Gasteiger partial charge in [-0.15, -0.1) is 4.83 Å². The number of benzene rings is 2. The second kappa shape index (κ2) is 7.14. The Hall–Kier alpha value is -2.91. The smallest absolute Gasteiger partial charge is 0.261 e. The van der Waals surface area contributed by atoms with E-state index in [1.54, 1.807) is 23.6 Å². The van der Waals surface area contributed by atoms with E-state index in [1.807, 2.05) is 24.3 Å². The molecule has 2 aromatic carbocycles. The maximum Gasteiger partial charge on any atom is 0.261 e. The molecule has 0 unspecified atom stereocenters. The minimum absolute atomic E-state index is 0.0478. The molecule has 0 saturated carbocycles. The standard InChI is InChI=1S/C17H18N4O4S/c1-12-7-8-15(25-2)16(9-12)26(23,24)20-19-17(22)10-21-11-18-13-5-3-4-6-14(13)21/h3-9,11,20H,10H2,1-2H3,(H,19,22). The van der Waals surface area contributed by atoms with Gasteiger partial charge in [0, 0.05) is 0 Å². The number of carbonyl (C=O) groups excluding carboxylic acids is 1. The minimum Gasteiger partial charge on any atom is -0.495 e. The lowest BCUT2D eigenvalue weighted by Gasteiger charge is -2.12. The van der Waals surface area contributed by atoms with Crippen LogP contribution in [0.15, 0.2) is 53.7 Å². The summed E-state index contributed by atoms with van der Waals surface area (Å²) in [6, 6.07) is 12.1. The van der Waals surface area contributed by atoms with Gasteiger partial charge in [0.1, 0.15) is 17.2 Å². The molecule has 8 nitrogen and oxygen atoms in total. The number of imidazole rings is 1. The normalized spacial score (nSPS) is 11.5. The van der Waals surface area contributed by atoms with Gasteiger partial charge in [-0.25, -0.2) is 13.4 Å². The van der Waals surface area contributed by atoms with Crippen LogP contribution in [0, 0.1) is 6.92 Å². The molecule has 26 heavy (non-hydrogen) atoms. The number of fused-ring (bicyclic) bond motifs is 1. The van der Waals surface area contributed by atoms with Crippen molar-refractivity contribution in [2.45, 2.75) is 18.4 Å². The van der Waals surface area contributed by atoms with Crippen molar-refractivity contribution in [2.24, 2.45) is 0 Å². The molecule has 1 amide bonds. The molecule has 136 valence electrons. The first kappa shape index (κ1) is 17.9. The highest BCUT2D eigenvalue weighted by molar-refractivity contribution is 7.89. The zero-order valence-corrected chi connectivity index (χ0v) is 15.1. The van der Waals surface area contributed by atoms with E-state index in [-0.39, 0.29) is 17.2 Å². The summed E-state index contributed by atoms with van der Waals surface area (Å²) >= 11 is 0. The van der Waals surface area contributed by atoms with Gasteiger partial charge in [0.25, 0.3) is 15.9 Å². The van der Waals surface area contributed by atoms with Crippen LogP contribution in [0.25, 0.3) is 11.0 Å². The third-order valence-corrected chi connectivity index (χ3v) is 5.04. The zero-order chi connectivity index (χ0) is 18.7. The summed E-state index contributed by atoms with van der Waals surface area (Å²) in [5, 5.41) is 0. The first-order chi connectivity index (χ1) is 12.4. The largest absolute Gasteiger partial charge is 0.495 e. The minimum atomic E-state index is -3.97. The molecule has 9 heteroatoms. The maximum atomic E-state index is 12.5. The van der Waals surface area contributed by atoms with Crippen molar-refractivity contribution < 1.29 is 17.9 Å². The van der Waals surface area contributed by atoms with Crippen LogP contribution in [0.3, 0.4) is 0 Å². The molecule has 1 heterocycles. The van der Waals surface area contributed by atoms with E-state index in [0.717, 1.165) is 16.6 Å². The highest BCUT2D eigenvalue weighted by atomic mass is 32.2. The Bertz CT molecular complexity index is 1060. The molecule has 0 spiro atoms. The summed E-state index contributed by atoms with van der Waals surface area (Å²) in [7, 11) is -2.59. The fourth-order valence-corrected chi connectivity index (χ4v) is 3.62. The molecule has 0 radical (unpaired) electrons. The number of carbonyl (C=O) groups is 1. The number of hydrazine groups is 1. The van der Waals surface area contributed by atoms with Gasteiger partial charge in [0.2, 0.25) is 0 Å². The number of rotatable bonds is 6. The number of para-hydroxylation sites is 2. The van der Waals surface area contributed by atoms with Gasteiger partial charge >= 0.3 is 0 Å². The fourth-order valence-electron chi connectivity index (χ4n) is 2.50. The molecule has 0 aliphatic carbocycles. The van der Waals surface area contributed by atoms with Gasteiger partial charge in [-0.1, -0.05) is 18.2 Å². The number of nitrogens with one attached hydrogen (secondary N) is 2. The molecule has 0 bridgehead atoms. The van der Waals surface area contributed by atoms with Gasteiger partial charge in [0.05, 0.1) is 24.5 Å². The number of hydrogen-bond donors (Lipinski definition) is 2. The average Bonchev–Trinajstić information content (AvgIpc) is 3.03. The van der Waals surface area contributed by atoms with E-state index in [0.29, 0.717) is 0 Å². The molecule has 0 atom stereocenters. The summed E-state index contributed by atoms with van der Waals surface area (Å²) in [5.74, 6) is -0.332. The number of aromatic nitrogens is 2. The van der Waals surface area contributed by atoms with Crippen molar-refractivity contribution in [2.75, 3.05) is 7.11 Å². The lowest BCUT2D eigenvalue weighted by molar-refractivity contribution is -0.122. The van der Waals surface area contributed by atoms with Crippen LogP contribution in [0.4, 0.5) is 0 Å². The topological polar surface area (TPSA) is 102 Å². The number of hydrogen-bond acceptors (Lipinski definition) is 5. The number of ether oxygens (including phenoxy) is 1. The van der Waals surface area contributed by atoms with E-state index >= 15 is 0 Å². The Labute approximate surface area is 150 Å². The molecule has 1 aromatic heterocycles. The van der Waals surface area contributed by atoms with Crippen LogP contribution in [0.5, 0.6) is 5.75 Å². The summed E-state index contributed by atoms with van der Waals surface area (Å²) in [6.07, 6.45) is 1.53. The van der Waals surface area contributed by atoms with Crippen molar-refractivity contribution in [3.63, 3.8) is 0 Å². The predicted molar refractivity (Wildman–Crippen MR) is 95.9 cm³/mol. The zero-order valence-electron chi connectivity index (χ0n) is 14.3. The number of sulfonamides is 1. The third-order valence-electron chi connectivity index (χ3n) is 3.77. The molecule has 3 rings (SSSR count). The van der Waals surface area contributed by atoms with Crippen molar-refractivity contribution >= 4 is 27.0 Å². The number of methoxy groups -OCH3 is 1. The van der Waals surface area contributed by atoms with E-state index in [4.69, 9.17) is 4.74 Å². The Morgan fingerprint density at radius 1 is 1.23 bits per heavy atom. The predicted octanol–water partition coefficient (Wildman–Crippen LogP) is 1.36. The maximum absolute atomic E-state index is 12.5. The Balaban J connectivity index is 1.72. The highest BCUT2D eigenvalue weighted by Crippen LogP contribution is 2.24. The highest BCUT2D eigenvalue weighted by Gasteiger charge is 2.20. The monoisotopic (exact) mass is 374 g/mol. The molecule has 0 aliphatic heterocycles. The van der Waals surface area contributed by atoms with Gasteiger partial charge < -0.3 is 9.30 Å². The molecule has 0 aliphatic rings.